The van der Waals surface area contributed by atoms with E-state index in [9.17, 15) is 40.3 Å². The van der Waals surface area contributed by atoms with Crippen LogP contribution < -0.4 is 4.90 Å². The fraction of sp³-hybridized carbons (Fsp3) is 0.500. The molecular formula is C28H30F7N3O3. The number of piperazine rings is 1. The first-order chi connectivity index (χ1) is 18.8. The van der Waals surface area contributed by atoms with E-state index in [2.05, 4.69) is 0 Å². The highest BCUT2D eigenvalue weighted by molar-refractivity contribution is 5.94. The second kappa shape index (κ2) is 10.7. The van der Waals surface area contributed by atoms with Crippen LogP contribution in [-0.2, 0) is 17.1 Å². The van der Waals surface area contributed by atoms with Gasteiger partial charge in [-0.05, 0) is 82.0 Å². The van der Waals surface area contributed by atoms with Gasteiger partial charge in [0.05, 0.1) is 17.2 Å². The lowest BCUT2D eigenvalue weighted by molar-refractivity contribution is -0.143. The van der Waals surface area contributed by atoms with E-state index in [-0.39, 0.29) is 25.7 Å². The van der Waals surface area contributed by atoms with Crippen molar-refractivity contribution in [3.05, 3.63) is 64.5 Å². The predicted octanol–water partition coefficient (Wildman–Crippen LogP) is 7.55. The Morgan fingerprint density at radius 3 is 1.98 bits per heavy atom. The number of benzene rings is 2. The Hall–Kier alpha value is -3.51. The Morgan fingerprint density at radius 2 is 1.49 bits per heavy atom. The standard InChI is InChI=1S/C28H30F7N3O3/c1-16-11-19(29)5-8-22(16)23-15-36(25(40)41-26(2,3)4)9-10-37(23)24(39)38(20-6-7-20)21-13-17(27(30,31)32)12-18(14-21)28(33,34)35/h5,8,11-14,20,23H,6-7,9-10,15H2,1-4H3. The summed E-state index contributed by atoms with van der Waals surface area (Å²) in [6, 6.07) is 2.68. The number of alkyl halides is 6. The maximum Gasteiger partial charge on any atom is 0.416 e. The van der Waals surface area contributed by atoms with Crippen LogP contribution in [0.4, 0.5) is 46.0 Å². The van der Waals surface area contributed by atoms with Crippen molar-refractivity contribution in [2.45, 2.75) is 70.6 Å². The molecule has 0 radical (unpaired) electrons. The second-order valence-corrected chi connectivity index (χ2v) is 11.3. The zero-order chi connectivity index (χ0) is 30.5. The van der Waals surface area contributed by atoms with E-state index in [1.165, 1.54) is 28.0 Å². The number of anilines is 1. The molecule has 0 N–H and O–H groups in total. The molecule has 2 fully saturated rings. The Balaban J connectivity index is 1.76. The average molecular weight is 590 g/mol. The highest BCUT2D eigenvalue weighted by Crippen LogP contribution is 2.42. The predicted molar refractivity (Wildman–Crippen MR) is 136 cm³/mol. The van der Waals surface area contributed by atoms with E-state index in [4.69, 9.17) is 4.74 Å². The van der Waals surface area contributed by atoms with Crippen molar-refractivity contribution >= 4 is 17.8 Å². The molecule has 4 rings (SSSR count). The van der Waals surface area contributed by atoms with Crippen molar-refractivity contribution in [3.8, 4) is 0 Å². The molecule has 1 saturated carbocycles. The Labute approximate surface area is 232 Å². The topological polar surface area (TPSA) is 53.1 Å². The van der Waals surface area contributed by atoms with Crippen LogP contribution in [0.5, 0.6) is 0 Å². The van der Waals surface area contributed by atoms with Gasteiger partial charge in [0, 0.05) is 31.4 Å². The molecule has 41 heavy (non-hydrogen) atoms. The number of hydrogen-bond acceptors (Lipinski definition) is 3. The first-order valence-corrected chi connectivity index (χ1v) is 13.0. The molecular weight excluding hydrogens is 559 g/mol. The molecule has 224 valence electrons. The number of carbonyl (C=O) groups is 2. The van der Waals surface area contributed by atoms with Crippen LogP contribution in [0.2, 0.25) is 0 Å². The van der Waals surface area contributed by atoms with Gasteiger partial charge < -0.3 is 14.5 Å². The summed E-state index contributed by atoms with van der Waals surface area (Å²) in [5.41, 5.74) is -3.46. The maximum absolute atomic E-state index is 14.1. The van der Waals surface area contributed by atoms with E-state index in [1.54, 1.807) is 27.7 Å². The molecule has 2 aromatic rings. The molecule has 13 heteroatoms. The van der Waals surface area contributed by atoms with Crippen LogP contribution in [0.15, 0.2) is 36.4 Å². The van der Waals surface area contributed by atoms with E-state index >= 15 is 0 Å². The fourth-order valence-electron chi connectivity index (χ4n) is 4.81. The maximum atomic E-state index is 14.1. The van der Waals surface area contributed by atoms with Crippen molar-refractivity contribution in [1.29, 1.82) is 0 Å². The summed E-state index contributed by atoms with van der Waals surface area (Å²) >= 11 is 0. The average Bonchev–Trinajstić information content (AvgIpc) is 3.66. The molecule has 6 nitrogen and oxygen atoms in total. The Bertz CT molecular complexity index is 1280. The minimum Gasteiger partial charge on any atom is -0.444 e. The summed E-state index contributed by atoms with van der Waals surface area (Å²) in [4.78, 5) is 30.6. The van der Waals surface area contributed by atoms with Crippen LogP contribution >= 0.6 is 0 Å². The third-order valence-electron chi connectivity index (χ3n) is 6.84. The first-order valence-electron chi connectivity index (χ1n) is 13.0. The zero-order valence-electron chi connectivity index (χ0n) is 22.9. The summed E-state index contributed by atoms with van der Waals surface area (Å²) in [6.45, 7) is 6.49. The lowest BCUT2D eigenvalue weighted by atomic mass is 9.97. The Kier molecular flexibility index (Phi) is 7.96. The lowest BCUT2D eigenvalue weighted by Gasteiger charge is -2.44. The SMILES string of the molecule is Cc1cc(F)ccc1C1CN(C(=O)OC(C)(C)C)CCN1C(=O)N(c1cc(C(F)(F)F)cc(C(F)(F)F)c1)C1CC1. The van der Waals surface area contributed by atoms with Gasteiger partial charge in [-0.2, -0.15) is 26.3 Å². The molecule has 1 unspecified atom stereocenters. The van der Waals surface area contributed by atoms with Crippen LogP contribution in [-0.4, -0.2) is 53.2 Å². The van der Waals surface area contributed by atoms with Crippen molar-refractivity contribution in [2.24, 2.45) is 0 Å². The minimum atomic E-state index is -5.08. The summed E-state index contributed by atoms with van der Waals surface area (Å²) in [5, 5.41) is 0. The van der Waals surface area contributed by atoms with Crippen LogP contribution in [0.25, 0.3) is 0 Å². The van der Waals surface area contributed by atoms with Crippen molar-refractivity contribution in [3.63, 3.8) is 0 Å². The number of hydrogen-bond donors (Lipinski definition) is 0. The number of amides is 3. The normalized spacial score (nSPS) is 18.4. The number of nitrogens with zero attached hydrogens (tertiary/aromatic N) is 3. The lowest BCUT2D eigenvalue weighted by Crippen LogP contribution is -2.56. The minimum absolute atomic E-state index is 0.00624. The van der Waals surface area contributed by atoms with Crippen molar-refractivity contribution < 1.29 is 45.1 Å². The second-order valence-electron chi connectivity index (χ2n) is 11.3. The molecule has 0 spiro atoms. The summed E-state index contributed by atoms with van der Waals surface area (Å²) in [6.07, 6.45) is -10.0. The summed E-state index contributed by atoms with van der Waals surface area (Å²) < 4.78 is 101. The molecule has 1 atom stereocenters. The summed E-state index contributed by atoms with van der Waals surface area (Å²) in [5.74, 6) is -0.535. The van der Waals surface area contributed by atoms with Crippen LogP contribution in [0.3, 0.4) is 0 Å². The van der Waals surface area contributed by atoms with Crippen molar-refractivity contribution in [2.75, 3.05) is 24.5 Å². The van der Waals surface area contributed by atoms with E-state index in [0.29, 0.717) is 36.1 Å². The third-order valence-corrected chi connectivity index (χ3v) is 6.84. The van der Waals surface area contributed by atoms with E-state index in [0.717, 1.165) is 4.90 Å². The van der Waals surface area contributed by atoms with Gasteiger partial charge >= 0.3 is 24.5 Å². The largest absolute Gasteiger partial charge is 0.444 e. The van der Waals surface area contributed by atoms with Gasteiger partial charge in [-0.25, -0.2) is 14.0 Å². The molecule has 1 aliphatic carbocycles. The highest BCUT2D eigenvalue weighted by atomic mass is 19.4. The number of ether oxygens (including phenoxy) is 1. The molecule has 3 amide bonds. The smallest absolute Gasteiger partial charge is 0.416 e. The molecule has 2 aliphatic rings. The molecule has 1 heterocycles. The highest BCUT2D eigenvalue weighted by Gasteiger charge is 2.44. The van der Waals surface area contributed by atoms with Gasteiger partial charge in [0.25, 0.3) is 0 Å². The fourth-order valence-corrected chi connectivity index (χ4v) is 4.81. The number of urea groups is 1. The van der Waals surface area contributed by atoms with Gasteiger partial charge in [0.2, 0.25) is 0 Å². The number of rotatable bonds is 3. The van der Waals surface area contributed by atoms with E-state index < -0.39 is 64.8 Å². The molecule has 1 aliphatic heterocycles. The molecule has 1 saturated heterocycles. The number of halogens is 7. The van der Waals surface area contributed by atoms with Gasteiger partial charge in [-0.15, -0.1) is 0 Å². The quantitative estimate of drug-likeness (QED) is 0.348. The summed E-state index contributed by atoms with van der Waals surface area (Å²) in [7, 11) is 0. The molecule has 0 bridgehead atoms. The van der Waals surface area contributed by atoms with E-state index in [1.807, 2.05) is 0 Å². The van der Waals surface area contributed by atoms with Gasteiger partial charge in [-0.3, -0.25) is 4.90 Å². The van der Waals surface area contributed by atoms with Gasteiger partial charge in [0.15, 0.2) is 0 Å². The first kappa shape index (κ1) is 30.4. The molecule has 2 aromatic carbocycles. The van der Waals surface area contributed by atoms with Crippen LogP contribution in [0, 0.1) is 12.7 Å². The molecule has 0 aromatic heterocycles. The van der Waals surface area contributed by atoms with Gasteiger partial charge in [0.1, 0.15) is 11.4 Å². The van der Waals surface area contributed by atoms with Crippen LogP contribution in [0.1, 0.15) is 61.9 Å². The number of aryl methyl sites for hydroxylation is 1. The Morgan fingerprint density at radius 1 is 0.902 bits per heavy atom. The van der Waals surface area contributed by atoms with Crippen molar-refractivity contribution in [1.82, 2.24) is 9.80 Å². The monoisotopic (exact) mass is 589 g/mol. The number of carbonyl (C=O) groups excluding carboxylic acids is 2. The third kappa shape index (κ3) is 7.05. The zero-order valence-corrected chi connectivity index (χ0v) is 22.9. The van der Waals surface area contributed by atoms with Gasteiger partial charge in [-0.1, -0.05) is 6.07 Å².